The van der Waals surface area contributed by atoms with Crippen molar-refractivity contribution in [1.29, 1.82) is 0 Å². The summed E-state index contributed by atoms with van der Waals surface area (Å²) in [7, 11) is 3.65. The predicted octanol–water partition coefficient (Wildman–Crippen LogP) is 2.88. The third-order valence-corrected chi connectivity index (χ3v) is 4.99. The predicted molar refractivity (Wildman–Crippen MR) is 117 cm³/mol. The first-order chi connectivity index (χ1) is 14.9. The summed E-state index contributed by atoms with van der Waals surface area (Å²) < 4.78 is 11.0. The summed E-state index contributed by atoms with van der Waals surface area (Å²) in [6, 6.07) is 9.34. The fourth-order valence-corrected chi connectivity index (χ4v) is 3.28. The van der Waals surface area contributed by atoms with Gasteiger partial charge in [-0.05, 0) is 26.0 Å². The van der Waals surface area contributed by atoms with Gasteiger partial charge in [-0.1, -0.05) is 29.9 Å². The Balaban J connectivity index is 1.64. The summed E-state index contributed by atoms with van der Waals surface area (Å²) >= 11 is 0. The van der Waals surface area contributed by atoms with E-state index in [9.17, 15) is 4.79 Å². The Hall–Kier alpha value is -3.30. The molecule has 0 unspecified atom stereocenters. The molecule has 0 radical (unpaired) electrons. The van der Waals surface area contributed by atoms with Gasteiger partial charge in [0, 0.05) is 32.1 Å². The topological polar surface area (TPSA) is 77.3 Å². The normalized spacial score (nSPS) is 13.3. The molecule has 0 fully saturated rings. The second-order valence-corrected chi connectivity index (χ2v) is 7.35. The number of urea groups is 1. The standard InChI is InChI=1S/C22H30N6O3/c1-6-27(19-14-23-26(15-19)16-21-17(2)24-31-18(21)3)22(29)28(25(4)5)12-13-30-20-10-8-7-9-11-20/h6-11,15,23H,1,12-14,16H2,2-5H3. The van der Waals surface area contributed by atoms with Crippen LogP contribution in [0.5, 0.6) is 5.75 Å². The van der Waals surface area contributed by atoms with Crippen LogP contribution in [-0.4, -0.2) is 64.9 Å². The van der Waals surface area contributed by atoms with Gasteiger partial charge in [-0.25, -0.2) is 15.2 Å². The lowest BCUT2D eigenvalue weighted by Gasteiger charge is -2.33. The van der Waals surface area contributed by atoms with Crippen LogP contribution in [0.2, 0.25) is 0 Å². The smallest absolute Gasteiger partial charge is 0.343 e. The molecule has 2 heterocycles. The zero-order valence-electron chi connectivity index (χ0n) is 18.5. The Kier molecular flexibility index (Phi) is 7.32. The fourth-order valence-electron chi connectivity index (χ4n) is 3.28. The average molecular weight is 427 g/mol. The van der Waals surface area contributed by atoms with Crippen molar-refractivity contribution in [3.8, 4) is 5.75 Å². The van der Waals surface area contributed by atoms with E-state index in [1.807, 2.05) is 69.5 Å². The maximum Gasteiger partial charge on any atom is 0.343 e. The number of carbonyl (C=O) groups is 1. The maximum absolute atomic E-state index is 13.2. The molecule has 9 nitrogen and oxygen atoms in total. The van der Waals surface area contributed by atoms with Gasteiger partial charge in [-0.3, -0.25) is 9.91 Å². The number of ether oxygens (including phenoxy) is 1. The first kappa shape index (κ1) is 22.4. The van der Waals surface area contributed by atoms with Crippen LogP contribution in [0.1, 0.15) is 17.0 Å². The van der Waals surface area contributed by atoms with Crippen molar-refractivity contribution in [3.05, 3.63) is 72.0 Å². The molecule has 31 heavy (non-hydrogen) atoms. The first-order valence-corrected chi connectivity index (χ1v) is 10.1. The van der Waals surface area contributed by atoms with Crippen LogP contribution < -0.4 is 10.2 Å². The van der Waals surface area contributed by atoms with Crippen molar-refractivity contribution in [2.75, 3.05) is 33.8 Å². The summed E-state index contributed by atoms with van der Waals surface area (Å²) in [6.45, 7) is 9.51. The molecule has 1 aliphatic rings. The van der Waals surface area contributed by atoms with Gasteiger partial charge in [-0.2, -0.15) is 0 Å². The zero-order valence-corrected chi connectivity index (χ0v) is 18.5. The van der Waals surface area contributed by atoms with Crippen LogP contribution >= 0.6 is 0 Å². The third kappa shape index (κ3) is 5.44. The molecule has 1 aromatic carbocycles. The minimum absolute atomic E-state index is 0.205. The highest BCUT2D eigenvalue weighted by atomic mass is 16.5. The molecule has 1 aliphatic heterocycles. The van der Waals surface area contributed by atoms with E-state index in [0.717, 1.165) is 28.5 Å². The number of hydrogen-bond donors (Lipinski definition) is 1. The van der Waals surface area contributed by atoms with E-state index < -0.39 is 0 Å². The van der Waals surface area contributed by atoms with Crippen LogP contribution in [0, 0.1) is 13.8 Å². The van der Waals surface area contributed by atoms with Crippen molar-refractivity contribution < 1.29 is 14.1 Å². The third-order valence-electron chi connectivity index (χ3n) is 4.99. The Morgan fingerprint density at radius 2 is 2.06 bits per heavy atom. The molecule has 9 heteroatoms. The van der Waals surface area contributed by atoms with Crippen molar-refractivity contribution in [1.82, 2.24) is 30.5 Å². The molecule has 0 spiro atoms. The van der Waals surface area contributed by atoms with E-state index in [4.69, 9.17) is 9.26 Å². The fraction of sp³-hybridized carbons (Fsp3) is 0.364. The Labute approximate surface area is 183 Å². The molecule has 166 valence electrons. The lowest BCUT2D eigenvalue weighted by atomic mass is 10.2. The van der Waals surface area contributed by atoms with Crippen LogP contribution in [-0.2, 0) is 6.54 Å². The van der Waals surface area contributed by atoms with E-state index in [-0.39, 0.29) is 6.03 Å². The summed E-state index contributed by atoms with van der Waals surface area (Å²) in [5.74, 6) is 1.56. The minimum atomic E-state index is -0.205. The van der Waals surface area contributed by atoms with Crippen LogP contribution in [0.25, 0.3) is 0 Å². The molecule has 2 amide bonds. The van der Waals surface area contributed by atoms with E-state index in [1.54, 1.807) is 14.9 Å². The van der Waals surface area contributed by atoms with Crippen LogP contribution in [0.4, 0.5) is 4.79 Å². The molecule has 1 N–H and O–H groups in total. The number of aromatic nitrogens is 1. The van der Waals surface area contributed by atoms with Gasteiger partial charge in [0.05, 0.1) is 31.0 Å². The second kappa shape index (κ2) is 10.1. The van der Waals surface area contributed by atoms with Gasteiger partial charge >= 0.3 is 6.03 Å². The Morgan fingerprint density at radius 3 is 2.68 bits per heavy atom. The number of rotatable bonds is 9. The number of para-hydroxylation sites is 1. The number of amides is 2. The molecule has 3 rings (SSSR count). The largest absolute Gasteiger partial charge is 0.492 e. The van der Waals surface area contributed by atoms with Crippen molar-refractivity contribution >= 4 is 6.03 Å². The molecule has 0 atom stereocenters. The number of aryl methyl sites for hydroxylation is 2. The summed E-state index contributed by atoms with van der Waals surface area (Å²) in [6.07, 6.45) is 3.43. The number of benzene rings is 1. The molecule has 2 aromatic rings. The Morgan fingerprint density at radius 1 is 1.32 bits per heavy atom. The SMILES string of the molecule is C=CN(C(=O)N(CCOc1ccccc1)N(C)C)C1=CN(Cc2c(C)noc2C)NC1. The monoisotopic (exact) mass is 426 g/mol. The van der Waals surface area contributed by atoms with E-state index in [2.05, 4.69) is 17.2 Å². The second-order valence-electron chi connectivity index (χ2n) is 7.35. The molecule has 0 saturated heterocycles. The van der Waals surface area contributed by atoms with Gasteiger partial charge in [0.15, 0.2) is 0 Å². The number of hydrazine groups is 2. The molecular weight excluding hydrogens is 396 g/mol. The zero-order chi connectivity index (χ0) is 22.4. The van der Waals surface area contributed by atoms with Crippen molar-refractivity contribution in [2.24, 2.45) is 0 Å². The van der Waals surface area contributed by atoms with Crippen LogP contribution in [0.3, 0.4) is 0 Å². The van der Waals surface area contributed by atoms with Gasteiger partial charge in [0.1, 0.15) is 18.1 Å². The molecule has 0 bridgehead atoms. The van der Waals surface area contributed by atoms with Crippen molar-refractivity contribution in [2.45, 2.75) is 20.4 Å². The average Bonchev–Trinajstić information content (AvgIpc) is 3.34. The molecular formula is C22H30N6O3. The first-order valence-electron chi connectivity index (χ1n) is 10.1. The highest BCUT2D eigenvalue weighted by Gasteiger charge is 2.27. The van der Waals surface area contributed by atoms with E-state index >= 15 is 0 Å². The summed E-state index contributed by atoms with van der Waals surface area (Å²) in [5, 5.41) is 9.28. The highest BCUT2D eigenvalue weighted by Crippen LogP contribution is 2.19. The molecule has 1 aromatic heterocycles. The number of nitrogens with one attached hydrogen (secondary N) is 1. The number of nitrogens with zero attached hydrogens (tertiary/aromatic N) is 5. The Bertz CT molecular complexity index is 905. The molecule has 0 saturated carbocycles. The van der Waals surface area contributed by atoms with E-state index in [1.165, 1.54) is 6.20 Å². The van der Waals surface area contributed by atoms with Gasteiger partial charge in [-0.15, -0.1) is 0 Å². The van der Waals surface area contributed by atoms with Gasteiger partial charge < -0.3 is 14.3 Å². The quantitative estimate of drug-likeness (QED) is 0.618. The van der Waals surface area contributed by atoms with Gasteiger partial charge in [0.2, 0.25) is 0 Å². The number of carbonyl (C=O) groups excluding carboxylic acids is 1. The molecule has 0 aliphatic carbocycles. The summed E-state index contributed by atoms with van der Waals surface area (Å²) in [4.78, 5) is 14.8. The maximum atomic E-state index is 13.2. The van der Waals surface area contributed by atoms with Crippen LogP contribution in [0.15, 0.2) is 59.5 Å². The highest BCUT2D eigenvalue weighted by molar-refractivity contribution is 5.77. The van der Waals surface area contributed by atoms with E-state index in [0.29, 0.717) is 26.2 Å². The lowest BCUT2D eigenvalue weighted by Crippen LogP contribution is -2.49. The lowest BCUT2D eigenvalue weighted by molar-refractivity contribution is 0.0401. The number of hydrogen-bond acceptors (Lipinski definition) is 7. The summed E-state index contributed by atoms with van der Waals surface area (Å²) in [5.41, 5.74) is 5.95. The minimum Gasteiger partial charge on any atom is -0.492 e. The van der Waals surface area contributed by atoms with Gasteiger partial charge in [0.25, 0.3) is 0 Å². The van der Waals surface area contributed by atoms with Crippen molar-refractivity contribution in [3.63, 3.8) is 0 Å².